The third-order valence-electron chi connectivity index (χ3n) is 5.74. The number of halogens is 2. The van der Waals surface area contributed by atoms with Gasteiger partial charge in [-0.3, -0.25) is 0 Å². The second-order valence-corrected chi connectivity index (χ2v) is 7.19. The third-order valence-corrected chi connectivity index (χ3v) is 5.74. The van der Waals surface area contributed by atoms with Crippen LogP contribution in [0.2, 0.25) is 0 Å². The highest BCUT2D eigenvalue weighted by molar-refractivity contribution is 5.90. The van der Waals surface area contributed by atoms with Gasteiger partial charge in [0.05, 0.1) is 12.3 Å². The second-order valence-electron chi connectivity index (χ2n) is 7.19. The molecule has 0 amide bonds. The van der Waals surface area contributed by atoms with Crippen molar-refractivity contribution < 1.29 is 18.3 Å². The van der Waals surface area contributed by atoms with E-state index in [-0.39, 0.29) is 29.8 Å². The second kappa shape index (κ2) is 6.26. The molecule has 28 heavy (non-hydrogen) atoms. The summed E-state index contributed by atoms with van der Waals surface area (Å²) in [6.45, 7) is 1.97. The first kappa shape index (κ1) is 17.1. The van der Waals surface area contributed by atoms with Gasteiger partial charge in [-0.15, -0.1) is 0 Å². The molecule has 1 aromatic heterocycles. The van der Waals surface area contributed by atoms with Gasteiger partial charge < -0.3 is 4.74 Å². The molecule has 0 aliphatic heterocycles. The van der Waals surface area contributed by atoms with Crippen molar-refractivity contribution in [3.8, 4) is 5.69 Å². The molecule has 4 nitrogen and oxygen atoms in total. The molecule has 142 valence electrons. The summed E-state index contributed by atoms with van der Waals surface area (Å²) in [6.07, 6.45) is 1.80. The minimum absolute atomic E-state index is 0.0105. The zero-order chi connectivity index (χ0) is 19.4. The lowest BCUT2D eigenvalue weighted by molar-refractivity contribution is 0.0517. The number of carbonyl (C=O) groups is 1. The first-order chi connectivity index (χ1) is 13.6. The molecular weight excluding hydrogens is 362 g/mol. The minimum Gasteiger partial charge on any atom is -0.461 e. The first-order valence-corrected chi connectivity index (χ1v) is 9.44. The van der Waals surface area contributed by atoms with Gasteiger partial charge in [-0.2, -0.15) is 5.10 Å². The number of aromatic nitrogens is 2. The van der Waals surface area contributed by atoms with E-state index in [0.29, 0.717) is 0 Å². The maximum atomic E-state index is 14.6. The predicted octanol–water partition coefficient (Wildman–Crippen LogP) is 4.70. The largest absolute Gasteiger partial charge is 0.461 e. The molecular formula is C22H18F2N2O2. The van der Waals surface area contributed by atoms with E-state index in [1.165, 1.54) is 27.9 Å². The molecule has 3 aromatic rings. The summed E-state index contributed by atoms with van der Waals surface area (Å²) in [5.74, 6) is -1.84. The van der Waals surface area contributed by atoms with Crippen molar-refractivity contribution in [2.75, 3.05) is 6.61 Å². The zero-order valence-electron chi connectivity index (χ0n) is 15.3. The van der Waals surface area contributed by atoms with E-state index in [1.807, 2.05) is 12.1 Å². The van der Waals surface area contributed by atoms with E-state index in [9.17, 15) is 13.6 Å². The summed E-state index contributed by atoms with van der Waals surface area (Å²) in [7, 11) is 0. The lowest BCUT2D eigenvalue weighted by Crippen LogP contribution is -2.27. The van der Waals surface area contributed by atoms with Crippen LogP contribution in [0.15, 0.2) is 42.5 Å². The van der Waals surface area contributed by atoms with Crippen LogP contribution >= 0.6 is 0 Å². The minimum atomic E-state index is -0.713. The topological polar surface area (TPSA) is 44.1 Å². The maximum absolute atomic E-state index is 14.6. The molecule has 3 aliphatic carbocycles. The molecule has 0 fully saturated rings. The number of carbonyl (C=O) groups excluding carboxylic acids is 1. The van der Waals surface area contributed by atoms with Crippen LogP contribution in [-0.2, 0) is 4.74 Å². The van der Waals surface area contributed by atoms with Crippen LogP contribution in [0.5, 0.6) is 0 Å². The lowest BCUT2D eigenvalue weighted by atomic mass is 9.65. The Morgan fingerprint density at radius 2 is 1.86 bits per heavy atom. The van der Waals surface area contributed by atoms with Crippen LogP contribution in [0.25, 0.3) is 5.69 Å². The molecule has 0 N–H and O–H groups in total. The molecule has 0 saturated carbocycles. The van der Waals surface area contributed by atoms with E-state index in [2.05, 4.69) is 17.2 Å². The lowest BCUT2D eigenvalue weighted by Gasteiger charge is -2.38. The molecule has 3 aliphatic rings. The number of hydrogen-bond donors (Lipinski definition) is 0. The van der Waals surface area contributed by atoms with E-state index < -0.39 is 17.6 Å². The van der Waals surface area contributed by atoms with Crippen LogP contribution in [0.3, 0.4) is 0 Å². The summed E-state index contributed by atoms with van der Waals surface area (Å²) in [5.41, 5.74) is 4.37. The maximum Gasteiger partial charge on any atom is 0.359 e. The summed E-state index contributed by atoms with van der Waals surface area (Å²) >= 11 is 0. The fourth-order valence-electron chi connectivity index (χ4n) is 4.68. The number of nitrogens with zero attached hydrogens (tertiary/aromatic N) is 2. The van der Waals surface area contributed by atoms with Gasteiger partial charge in [0.25, 0.3) is 0 Å². The number of benzene rings is 2. The smallest absolute Gasteiger partial charge is 0.359 e. The Kier molecular flexibility index (Phi) is 3.82. The highest BCUT2D eigenvalue weighted by Gasteiger charge is 2.44. The van der Waals surface area contributed by atoms with Crippen molar-refractivity contribution in [1.82, 2.24) is 9.78 Å². The molecule has 6 rings (SSSR count). The molecule has 2 bridgehead atoms. The van der Waals surface area contributed by atoms with Gasteiger partial charge in [-0.25, -0.2) is 18.3 Å². The van der Waals surface area contributed by atoms with Gasteiger partial charge in [0.1, 0.15) is 11.5 Å². The van der Waals surface area contributed by atoms with E-state index in [4.69, 9.17) is 4.74 Å². The number of esters is 1. The predicted molar refractivity (Wildman–Crippen MR) is 98.8 cm³/mol. The highest BCUT2D eigenvalue weighted by atomic mass is 19.1. The van der Waals surface area contributed by atoms with Crippen LogP contribution in [0.4, 0.5) is 8.78 Å². The Labute approximate surface area is 160 Å². The van der Waals surface area contributed by atoms with Crippen LogP contribution < -0.4 is 0 Å². The van der Waals surface area contributed by atoms with E-state index >= 15 is 0 Å². The summed E-state index contributed by atoms with van der Waals surface area (Å²) < 4.78 is 34.7. The van der Waals surface area contributed by atoms with E-state index in [1.54, 1.807) is 6.92 Å². The van der Waals surface area contributed by atoms with Crippen molar-refractivity contribution >= 4 is 5.97 Å². The molecule has 0 spiro atoms. The average molecular weight is 380 g/mol. The van der Waals surface area contributed by atoms with Gasteiger partial charge in [0, 0.05) is 23.5 Å². The van der Waals surface area contributed by atoms with E-state index in [0.717, 1.165) is 30.2 Å². The normalized spacial score (nSPS) is 19.2. The van der Waals surface area contributed by atoms with Gasteiger partial charge >= 0.3 is 5.97 Å². The average Bonchev–Trinajstić information content (AvgIpc) is 3.10. The Balaban J connectivity index is 1.78. The fraction of sp³-hybridized carbons (Fsp3) is 0.273. The standard InChI is InChI=1S/C22H18F2N2O2/c1-2-28-22(27)20-19-15-8-9-16(14-6-4-3-5-13(14)15)21(19)26(25-20)18-10-7-12(23)11-17(18)24/h3-7,10-11,15-16H,2,8-9H2,1H3. The van der Waals surface area contributed by atoms with Gasteiger partial charge in [-0.05, 0) is 43.0 Å². The van der Waals surface area contributed by atoms with Gasteiger partial charge in [0.2, 0.25) is 0 Å². The Morgan fingerprint density at radius 1 is 1.14 bits per heavy atom. The first-order valence-electron chi connectivity index (χ1n) is 9.44. The number of hydrogen-bond acceptors (Lipinski definition) is 3. The Hall–Kier alpha value is -3.02. The Bertz CT molecular complexity index is 1110. The molecule has 2 atom stereocenters. The number of rotatable bonds is 3. The summed E-state index contributed by atoms with van der Waals surface area (Å²) in [5, 5.41) is 4.47. The van der Waals surface area contributed by atoms with Crippen molar-refractivity contribution in [1.29, 1.82) is 0 Å². The van der Waals surface area contributed by atoms with Crippen LogP contribution in [-0.4, -0.2) is 22.4 Å². The van der Waals surface area contributed by atoms with Crippen molar-refractivity contribution in [3.63, 3.8) is 0 Å². The molecule has 2 aromatic carbocycles. The molecule has 6 heteroatoms. The molecule has 0 saturated heterocycles. The molecule has 1 heterocycles. The quantitative estimate of drug-likeness (QED) is 0.619. The number of fused-ring (bicyclic) bond motifs is 1. The monoisotopic (exact) mass is 380 g/mol. The van der Waals surface area contributed by atoms with Gasteiger partial charge in [-0.1, -0.05) is 24.3 Å². The molecule has 2 unspecified atom stereocenters. The number of ether oxygens (including phenoxy) is 1. The Morgan fingerprint density at radius 3 is 2.57 bits per heavy atom. The van der Waals surface area contributed by atoms with Crippen LogP contribution in [0.1, 0.15) is 64.5 Å². The SMILES string of the molecule is CCOC(=O)c1nn(-c2ccc(F)cc2F)c2c1C1CCC2c2ccccc21. The summed E-state index contributed by atoms with van der Waals surface area (Å²) in [4.78, 5) is 12.6. The fourth-order valence-corrected chi connectivity index (χ4v) is 4.68. The molecule has 0 radical (unpaired) electrons. The summed E-state index contributed by atoms with van der Waals surface area (Å²) in [6, 6.07) is 11.5. The van der Waals surface area contributed by atoms with Crippen LogP contribution in [0, 0.1) is 11.6 Å². The third kappa shape index (κ3) is 2.33. The zero-order valence-corrected chi connectivity index (χ0v) is 15.3. The van der Waals surface area contributed by atoms with Crippen molar-refractivity contribution in [2.45, 2.75) is 31.6 Å². The van der Waals surface area contributed by atoms with Crippen molar-refractivity contribution in [3.05, 3.63) is 82.2 Å². The van der Waals surface area contributed by atoms with Gasteiger partial charge in [0.15, 0.2) is 11.5 Å². The highest BCUT2D eigenvalue weighted by Crippen LogP contribution is 2.54. The van der Waals surface area contributed by atoms with Crippen molar-refractivity contribution in [2.24, 2.45) is 0 Å².